The van der Waals surface area contributed by atoms with Gasteiger partial charge in [0.1, 0.15) is 4.88 Å². The number of anilines is 2. The molecule has 2 rings (SSSR count). The minimum absolute atomic E-state index is 0.170. The summed E-state index contributed by atoms with van der Waals surface area (Å²) in [6.45, 7) is 1.22. The van der Waals surface area contributed by atoms with Crippen LogP contribution in [0.25, 0.3) is 0 Å². The largest absolute Gasteiger partial charge is 0.465 e. The lowest BCUT2D eigenvalue weighted by Gasteiger charge is -2.04. The summed E-state index contributed by atoms with van der Waals surface area (Å²) >= 11 is 3.86. The number of thioether (sulfide) groups is 1. The lowest BCUT2D eigenvalue weighted by Crippen LogP contribution is -2.15. The first-order chi connectivity index (χ1) is 11.6. The Balaban J connectivity index is 1.81. The van der Waals surface area contributed by atoms with Crippen molar-refractivity contribution in [2.75, 3.05) is 43.8 Å². The smallest absolute Gasteiger partial charge is 0.350 e. The van der Waals surface area contributed by atoms with E-state index in [1.165, 1.54) is 41.5 Å². The van der Waals surface area contributed by atoms with Gasteiger partial charge >= 0.3 is 5.97 Å². The number of aromatic nitrogens is 2. The summed E-state index contributed by atoms with van der Waals surface area (Å²) in [6.07, 6.45) is 0. The van der Waals surface area contributed by atoms with Gasteiger partial charge in [0.2, 0.25) is 11.0 Å². The number of nitrogens with one attached hydrogen (secondary N) is 2. The molecule has 0 aliphatic rings. The molecule has 0 aliphatic carbocycles. The van der Waals surface area contributed by atoms with Gasteiger partial charge in [-0.15, -0.1) is 21.5 Å². The molecule has 2 aromatic rings. The molecule has 0 radical (unpaired) electrons. The van der Waals surface area contributed by atoms with Crippen molar-refractivity contribution in [1.29, 1.82) is 0 Å². The standard InChI is InChI=1S/C13H16N4O4S3/c1-20-5-4-14-12-16-17-13(24-12)23-7-9(18)15-8-3-6-22-10(8)11(19)21-2/h3,6H,4-5,7H2,1-2H3,(H,14,16)(H,15,18). The van der Waals surface area contributed by atoms with E-state index in [0.29, 0.717) is 33.2 Å². The van der Waals surface area contributed by atoms with Gasteiger partial charge in [-0.1, -0.05) is 23.1 Å². The van der Waals surface area contributed by atoms with Crippen molar-refractivity contribution in [2.24, 2.45) is 0 Å². The zero-order valence-corrected chi connectivity index (χ0v) is 15.5. The van der Waals surface area contributed by atoms with E-state index in [1.807, 2.05) is 0 Å². The van der Waals surface area contributed by atoms with Gasteiger partial charge < -0.3 is 20.1 Å². The molecule has 0 atom stereocenters. The molecule has 0 unspecified atom stereocenters. The summed E-state index contributed by atoms with van der Waals surface area (Å²) in [6, 6.07) is 1.67. The molecule has 2 heterocycles. The first-order valence-electron chi connectivity index (χ1n) is 6.78. The van der Waals surface area contributed by atoms with E-state index in [2.05, 4.69) is 25.6 Å². The second kappa shape index (κ2) is 9.57. The molecule has 0 fully saturated rings. The van der Waals surface area contributed by atoms with E-state index in [4.69, 9.17) is 4.74 Å². The zero-order chi connectivity index (χ0) is 17.4. The predicted molar refractivity (Wildman–Crippen MR) is 95.3 cm³/mol. The molecule has 0 bridgehead atoms. The maximum atomic E-state index is 12.0. The fourth-order valence-electron chi connectivity index (χ4n) is 1.57. The number of nitrogens with zero attached hydrogens (tertiary/aromatic N) is 2. The van der Waals surface area contributed by atoms with Gasteiger partial charge in [0, 0.05) is 13.7 Å². The van der Waals surface area contributed by atoms with Crippen molar-refractivity contribution >= 4 is 57.1 Å². The number of hydrogen-bond acceptors (Lipinski definition) is 10. The Bertz CT molecular complexity index is 688. The molecule has 0 aromatic carbocycles. The Kier molecular flexibility index (Phi) is 7.43. The monoisotopic (exact) mass is 388 g/mol. The SMILES string of the molecule is COCCNc1nnc(SCC(=O)Nc2ccsc2C(=O)OC)s1. The predicted octanol–water partition coefficient (Wildman–Crippen LogP) is 2.18. The minimum atomic E-state index is -0.469. The summed E-state index contributed by atoms with van der Waals surface area (Å²) in [5.41, 5.74) is 0.455. The molecule has 11 heteroatoms. The number of amides is 1. The van der Waals surface area contributed by atoms with E-state index in [-0.39, 0.29) is 11.7 Å². The lowest BCUT2D eigenvalue weighted by molar-refractivity contribution is -0.113. The molecule has 0 spiro atoms. The second-order valence-corrected chi connectivity index (χ2v) is 7.40. The number of carbonyl (C=O) groups excluding carboxylic acids is 2. The normalized spacial score (nSPS) is 10.4. The van der Waals surface area contributed by atoms with Gasteiger partial charge in [0.25, 0.3) is 0 Å². The Labute approximate surface area is 151 Å². The van der Waals surface area contributed by atoms with Crippen LogP contribution in [0.5, 0.6) is 0 Å². The van der Waals surface area contributed by atoms with Crippen molar-refractivity contribution in [1.82, 2.24) is 10.2 Å². The van der Waals surface area contributed by atoms with Crippen molar-refractivity contribution < 1.29 is 19.1 Å². The number of esters is 1. The number of thiophene rings is 1. The van der Waals surface area contributed by atoms with Crippen molar-refractivity contribution in [3.63, 3.8) is 0 Å². The summed E-state index contributed by atoms with van der Waals surface area (Å²) in [5.74, 6) is -0.528. The van der Waals surface area contributed by atoms with Gasteiger partial charge in [0.05, 0.1) is 25.2 Å². The molecule has 0 aliphatic heterocycles. The fraction of sp³-hybridized carbons (Fsp3) is 0.385. The molecule has 0 saturated heterocycles. The highest BCUT2D eigenvalue weighted by Crippen LogP contribution is 2.26. The zero-order valence-electron chi connectivity index (χ0n) is 13.0. The minimum Gasteiger partial charge on any atom is -0.465 e. The third kappa shape index (κ3) is 5.44. The van der Waals surface area contributed by atoms with Gasteiger partial charge in [-0.2, -0.15) is 0 Å². The van der Waals surface area contributed by atoms with Crippen LogP contribution in [0.15, 0.2) is 15.8 Å². The third-order valence-electron chi connectivity index (χ3n) is 2.63. The van der Waals surface area contributed by atoms with Crippen LogP contribution in [0, 0.1) is 0 Å². The average Bonchev–Trinajstić information content (AvgIpc) is 3.22. The Morgan fingerprint density at radius 3 is 2.92 bits per heavy atom. The summed E-state index contributed by atoms with van der Waals surface area (Å²) in [4.78, 5) is 23.9. The fourth-order valence-corrected chi connectivity index (χ4v) is 3.91. The van der Waals surface area contributed by atoms with E-state index >= 15 is 0 Å². The van der Waals surface area contributed by atoms with Gasteiger partial charge in [-0.3, -0.25) is 4.79 Å². The first kappa shape index (κ1) is 18.6. The molecule has 0 saturated carbocycles. The van der Waals surface area contributed by atoms with Crippen LogP contribution in [-0.2, 0) is 14.3 Å². The highest BCUT2D eigenvalue weighted by atomic mass is 32.2. The quantitative estimate of drug-likeness (QED) is 0.383. The lowest BCUT2D eigenvalue weighted by atomic mass is 10.4. The highest BCUT2D eigenvalue weighted by molar-refractivity contribution is 8.01. The molecule has 130 valence electrons. The van der Waals surface area contributed by atoms with Crippen LogP contribution in [0.2, 0.25) is 0 Å². The highest BCUT2D eigenvalue weighted by Gasteiger charge is 2.16. The average molecular weight is 388 g/mol. The number of rotatable bonds is 9. The number of carbonyl (C=O) groups is 2. The number of hydrogen-bond donors (Lipinski definition) is 2. The number of methoxy groups -OCH3 is 2. The van der Waals surface area contributed by atoms with Crippen molar-refractivity contribution in [3.8, 4) is 0 Å². The van der Waals surface area contributed by atoms with Crippen LogP contribution in [0.3, 0.4) is 0 Å². The van der Waals surface area contributed by atoms with Gasteiger partial charge in [0.15, 0.2) is 4.34 Å². The Morgan fingerprint density at radius 2 is 2.17 bits per heavy atom. The number of ether oxygens (including phenoxy) is 2. The molecule has 8 nitrogen and oxygen atoms in total. The van der Waals surface area contributed by atoms with E-state index < -0.39 is 5.97 Å². The maximum absolute atomic E-state index is 12.0. The van der Waals surface area contributed by atoms with Gasteiger partial charge in [-0.05, 0) is 11.4 Å². The summed E-state index contributed by atoms with van der Waals surface area (Å²) in [5, 5.41) is 16.2. The molecule has 24 heavy (non-hydrogen) atoms. The van der Waals surface area contributed by atoms with E-state index in [9.17, 15) is 9.59 Å². The van der Waals surface area contributed by atoms with Crippen LogP contribution < -0.4 is 10.6 Å². The van der Waals surface area contributed by atoms with Crippen LogP contribution in [0.4, 0.5) is 10.8 Å². The third-order valence-corrected chi connectivity index (χ3v) is 5.53. The van der Waals surface area contributed by atoms with Crippen molar-refractivity contribution in [2.45, 2.75) is 4.34 Å². The topological polar surface area (TPSA) is 102 Å². The maximum Gasteiger partial charge on any atom is 0.350 e. The van der Waals surface area contributed by atoms with Crippen LogP contribution >= 0.6 is 34.4 Å². The van der Waals surface area contributed by atoms with Crippen LogP contribution in [0.1, 0.15) is 9.67 Å². The van der Waals surface area contributed by atoms with Crippen LogP contribution in [-0.4, -0.2) is 55.2 Å². The Hall–Kier alpha value is -1.69. The molecule has 1 amide bonds. The Morgan fingerprint density at radius 1 is 1.33 bits per heavy atom. The summed E-state index contributed by atoms with van der Waals surface area (Å²) in [7, 11) is 2.93. The molecule has 2 N–H and O–H groups in total. The first-order valence-corrected chi connectivity index (χ1v) is 9.47. The molecular weight excluding hydrogens is 372 g/mol. The van der Waals surface area contributed by atoms with Crippen molar-refractivity contribution in [3.05, 3.63) is 16.3 Å². The molecular formula is C13H16N4O4S3. The van der Waals surface area contributed by atoms with E-state index in [1.54, 1.807) is 18.6 Å². The van der Waals surface area contributed by atoms with Gasteiger partial charge in [-0.25, -0.2) is 4.79 Å². The molecule has 2 aromatic heterocycles. The second-order valence-electron chi connectivity index (χ2n) is 4.28. The summed E-state index contributed by atoms with van der Waals surface area (Å²) < 4.78 is 10.3. The van der Waals surface area contributed by atoms with E-state index in [0.717, 1.165) is 0 Å².